The van der Waals surface area contributed by atoms with Crippen molar-refractivity contribution in [3.8, 4) is 5.75 Å². The van der Waals surface area contributed by atoms with Crippen LogP contribution < -0.4 is 10.1 Å². The van der Waals surface area contributed by atoms with Gasteiger partial charge in [-0.15, -0.1) is 24.0 Å². The van der Waals surface area contributed by atoms with E-state index in [0.717, 1.165) is 54.6 Å². The zero-order valence-electron chi connectivity index (χ0n) is 15.3. The third-order valence-electron chi connectivity index (χ3n) is 4.23. The highest BCUT2D eigenvalue weighted by Gasteiger charge is 2.20. The summed E-state index contributed by atoms with van der Waals surface area (Å²) in [6, 6.07) is 9.76. The monoisotopic (exact) mass is 549 g/mol. The predicted octanol–water partition coefficient (Wildman–Crippen LogP) is 2.83. The number of guanidine groups is 1. The van der Waals surface area contributed by atoms with Crippen molar-refractivity contribution in [3.05, 3.63) is 46.8 Å². The molecule has 1 aliphatic rings. The molecule has 0 spiro atoms. The second-order valence-electron chi connectivity index (χ2n) is 6.03. The number of hydrogen-bond donors (Lipinski definition) is 1. The molecule has 7 nitrogen and oxygen atoms in total. The smallest absolute Gasteiger partial charge is 0.193 e. The van der Waals surface area contributed by atoms with Crippen LogP contribution in [0.15, 0.2) is 50.6 Å². The first-order valence-corrected chi connectivity index (χ1v) is 9.49. The van der Waals surface area contributed by atoms with Crippen LogP contribution in [0.3, 0.4) is 0 Å². The largest absolute Gasteiger partial charge is 0.492 e. The molecule has 2 heterocycles. The molecule has 0 unspecified atom stereocenters. The molecule has 1 saturated heterocycles. The number of aliphatic imine (C=N–C) groups is 1. The standard InChI is InChI=1S/C18H24BrN5O2.HI/c1-20-18(21-7-13-25-17-4-2-15(19)3-5-17)24-10-8-23(9-11-24)14-16-6-12-26-22-16;/h2-6,12H,7-11,13-14H2,1H3,(H,20,21);1H. The summed E-state index contributed by atoms with van der Waals surface area (Å²) < 4.78 is 11.7. The second kappa shape index (κ2) is 11.5. The fourth-order valence-corrected chi connectivity index (χ4v) is 3.13. The van der Waals surface area contributed by atoms with Crippen molar-refractivity contribution in [3.63, 3.8) is 0 Å². The molecule has 27 heavy (non-hydrogen) atoms. The number of benzene rings is 1. The quantitative estimate of drug-likeness (QED) is 0.259. The maximum atomic E-state index is 5.74. The van der Waals surface area contributed by atoms with E-state index in [-0.39, 0.29) is 24.0 Å². The Bertz CT molecular complexity index is 688. The van der Waals surface area contributed by atoms with Gasteiger partial charge < -0.3 is 19.5 Å². The van der Waals surface area contributed by atoms with Gasteiger partial charge in [0.25, 0.3) is 0 Å². The van der Waals surface area contributed by atoms with Crippen molar-refractivity contribution >= 4 is 45.9 Å². The van der Waals surface area contributed by atoms with Gasteiger partial charge in [-0.05, 0) is 24.3 Å². The number of nitrogens with one attached hydrogen (secondary N) is 1. The minimum absolute atomic E-state index is 0. The first kappa shape index (κ1) is 22.0. The van der Waals surface area contributed by atoms with Crippen molar-refractivity contribution < 1.29 is 9.26 Å². The van der Waals surface area contributed by atoms with Crippen molar-refractivity contribution in [2.75, 3.05) is 46.4 Å². The van der Waals surface area contributed by atoms with Crippen LogP contribution in [0.25, 0.3) is 0 Å². The SMILES string of the molecule is CN=C(NCCOc1ccc(Br)cc1)N1CCN(Cc2ccon2)CC1.I. The summed E-state index contributed by atoms with van der Waals surface area (Å²) in [6.45, 7) is 5.95. The summed E-state index contributed by atoms with van der Waals surface area (Å²) in [6.07, 6.45) is 1.62. The summed E-state index contributed by atoms with van der Waals surface area (Å²) in [7, 11) is 1.82. The highest BCUT2D eigenvalue weighted by molar-refractivity contribution is 14.0. The van der Waals surface area contributed by atoms with E-state index < -0.39 is 0 Å². The maximum absolute atomic E-state index is 5.74. The van der Waals surface area contributed by atoms with Gasteiger partial charge in [0.05, 0.1) is 12.2 Å². The number of rotatable bonds is 6. The molecule has 3 rings (SSSR count). The third-order valence-corrected chi connectivity index (χ3v) is 4.76. The summed E-state index contributed by atoms with van der Waals surface area (Å²) in [4.78, 5) is 9.04. The van der Waals surface area contributed by atoms with Crippen molar-refractivity contribution in [1.29, 1.82) is 0 Å². The highest BCUT2D eigenvalue weighted by Crippen LogP contribution is 2.15. The van der Waals surface area contributed by atoms with Gasteiger partial charge in [0.15, 0.2) is 5.96 Å². The summed E-state index contributed by atoms with van der Waals surface area (Å²) in [5.74, 6) is 1.79. The van der Waals surface area contributed by atoms with Crippen LogP contribution >= 0.6 is 39.9 Å². The van der Waals surface area contributed by atoms with Gasteiger partial charge >= 0.3 is 0 Å². The van der Waals surface area contributed by atoms with E-state index in [4.69, 9.17) is 9.26 Å². The lowest BCUT2D eigenvalue weighted by Gasteiger charge is -2.36. The van der Waals surface area contributed by atoms with Crippen LogP contribution in [-0.4, -0.2) is 67.3 Å². The van der Waals surface area contributed by atoms with Crippen LogP contribution in [0.4, 0.5) is 0 Å². The number of hydrogen-bond acceptors (Lipinski definition) is 5. The average molecular weight is 550 g/mol. The Labute approximate surface area is 185 Å². The van der Waals surface area contributed by atoms with E-state index >= 15 is 0 Å². The van der Waals surface area contributed by atoms with Gasteiger partial charge in [0.2, 0.25) is 0 Å². The Kier molecular flexibility index (Phi) is 9.35. The van der Waals surface area contributed by atoms with Crippen molar-refractivity contribution in [2.24, 2.45) is 4.99 Å². The Hall–Kier alpha value is -1.33. The van der Waals surface area contributed by atoms with Gasteiger partial charge in [0, 0.05) is 50.3 Å². The van der Waals surface area contributed by atoms with E-state index in [9.17, 15) is 0 Å². The molecule has 1 N–H and O–H groups in total. The first-order valence-electron chi connectivity index (χ1n) is 8.70. The fraction of sp³-hybridized carbons (Fsp3) is 0.444. The molecule has 0 aliphatic carbocycles. The first-order chi connectivity index (χ1) is 12.7. The lowest BCUT2D eigenvalue weighted by atomic mass is 10.3. The normalized spacial score (nSPS) is 15.3. The molecule has 148 valence electrons. The maximum Gasteiger partial charge on any atom is 0.193 e. The van der Waals surface area contributed by atoms with Gasteiger partial charge in [-0.1, -0.05) is 21.1 Å². The lowest BCUT2D eigenvalue weighted by molar-refractivity contribution is 0.168. The molecular weight excluding hydrogens is 525 g/mol. The molecule has 0 saturated carbocycles. The number of aromatic nitrogens is 1. The van der Waals surface area contributed by atoms with E-state index in [2.05, 4.69) is 41.2 Å². The molecule has 1 aromatic heterocycles. The van der Waals surface area contributed by atoms with Crippen LogP contribution in [-0.2, 0) is 6.54 Å². The molecule has 9 heteroatoms. The molecule has 1 aliphatic heterocycles. The second-order valence-corrected chi connectivity index (χ2v) is 6.95. The van der Waals surface area contributed by atoms with E-state index in [1.54, 1.807) is 6.26 Å². The van der Waals surface area contributed by atoms with Gasteiger partial charge in [-0.25, -0.2) is 0 Å². The number of halogens is 2. The molecular formula is C18H25BrIN5O2. The van der Waals surface area contributed by atoms with Crippen LogP contribution in [0, 0.1) is 0 Å². The van der Waals surface area contributed by atoms with Gasteiger partial charge in [-0.2, -0.15) is 0 Å². The number of ether oxygens (including phenoxy) is 1. The minimum atomic E-state index is 0. The Morgan fingerprint density at radius 2 is 1.96 bits per heavy atom. The predicted molar refractivity (Wildman–Crippen MR) is 120 cm³/mol. The average Bonchev–Trinajstić information content (AvgIpc) is 3.17. The van der Waals surface area contributed by atoms with Crippen molar-refractivity contribution in [1.82, 2.24) is 20.3 Å². The van der Waals surface area contributed by atoms with E-state index in [1.807, 2.05) is 37.4 Å². The highest BCUT2D eigenvalue weighted by atomic mass is 127. The lowest BCUT2D eigenvalue weighted by Crippen LogP contribution is -2.52. The van der Waals surface area contributed by atoms with Crippen LogP contribution in [0.2, 0.25) is 0 Å². The summed E-state index contributed by atoms with van der Waals surface area (Å²) in [5, 5.41) is 7.35. The molecule has 0 bridgehead atoms. The summed E-state index contributed by atoms with van der Waals surface area (Å²) >= 11 is 3.42. The Balaban J connectivity index is 0.00000261. The fourth-order valence-electron chi connectivity index (χ4n) is 2.86. The molecule has 1 aromatic carbocycles. The minimum Gasteiger partial charge on any atom is -0.492 e. The van der Waals surface area contributed by atoms with E-state index in [1.165, 1.54) is 0 Å². The molecule has 2 aromatic rings. The third kappa shape index (κ3) is 6.96. The number of piperazine rings is 1. The van der Waals surface area contributed by atoms with E-state index in [0.29, 0.717) is 13.2 Å². The molecule has 0 radical (unpaired) electrons. The van der Waals surface area contributed by atoms with Gasteiger partial charge in [0.1, 0.15) is 18.6 Å². The zero-order chi connectivity index (χ0) is 18.2. The molecule has 1 fully saturated rings. The van der Waals surface area contributed by atoms with Gasteiger partial charge in [-0.3, -0.25) is 9.89 Å². The summed E-state index contributed by atoms with van der Waals surface area (Å²) in [5.41, 5.74) is 0.978. The van der Waals surface area contributed by atoms with Crippen molar-refractivity contribution in [2.45, 2.75) is 6.54 Å². The zero-order valence-corrected chi connectivity index (χ0v) is 19.2. The molecule has 0 atom stereocenters. The Morgan fingerprint density at radius 3 is 2.59 bits per heavy atom. The molecule has 0 amide bonds. The number of nitrogens with zero attached hydrogens (tertiary/aromatic N) is 4. The Morgan fingerprint density at radius 1 is 1.22 bits per heavy atom. The van der Waals surface area contributed by atoms with Crippen LogP contribution in [0.5, 0.6) is 5.75 Å². The topological polar surface area (TPSA) is 66.1 Å². The van der Waals surface area contributed by atoms with Crippen LogP contribution in [0.1, 0.15) is 5.69 Å².